The number of carbonyl (C=O) groups excluding carboxylic acids is 1. The zero-order valence-corrected chi connectivity index (χ0v) is 11.7. The van der Waals surface area contributed by atoms with Crippen LogP contribution in [0.4, 0.5) is 4.79 Å². The maximum atomic E-state index is 12.1. The Labute approximate surface area is 105 Å². The highest BCUT2D eigenvalue weighted by Crippen LogP contribution is 2.52. The van der Waals surface area contributed by atoms with E-state index in [-0.39, 0.29) is 17.2 Å². The van der Waals surface area contributed by atoms with E-state index in [1.807, 2.05) is 25.7 Å². The first-order valence-electron chi connectivity index (χ1n) is 6.78. The molecule has 3 atom stereocenters. The third-order valence-electron chi connectivity index (χ3n) is 4.41. The smallest absolute Gasteiger partial charge is 0.410 e. The normalized spacial score (nSPS) is 37.1. The Balaban J connectivity index is 2.04. The van der Waals surface area contributed by atoms with Crippen LogP contribution in [0, 0.1) is 11.8 Å². The van der Waals surface area contributed by atoms with Crippen molar-refractivity contribution >= 4 is 6.09 Å². The van der Waals surface area contributed by atoms with Gasteiger partial charge in [-0.1, -0.05) is 20.3 Å². The molecule has 0 unspecified atom stereocenters. The quantitative estimate of drug-likeness (QED) is 0.606. The average Bonchev–Trinajstić information content (AvgIpc) is 2.88. The molecule has 98 valence electrons. The lowest BCUT2D eigenvalue weighted by molar-refractivity contribution is 0.0302. The largest absolute Gasteiger partial charge is 0.444 e. The number of carbonyl (C=O) groups is 1. The van der Waals surface area contributed by atoms with Crippen molar-refractivity contribution in [3.63, 3.8) is 0 Å². The molecule has 17 heavy (non-hydrogen) atoms. The number of hydrogen-bond donors (Lipinski definition) is 0. The number of hydrogen-bond acceptors (Lipinski definition) is 2. The molecule has 0 N–H and O–H groups in total. The average molecular weight is 239 g/mol. The van der Waals surface area contributed by atoms with Gasteiger partial charge in [-0.15, -0.1) is 0 Å². The van der Waals surface area contributed by atoms with Crippen molar-refractivity contribution < 1.29 is 9.53 Å². The molecule has 0 aromatic rings. The van der Waals surface area contributed by atoms with Gasteiger partial charge in [0.2, 0.25) is 0 Å². The highest BCUT2D eigenvalue weighted by atomic mass is 16.6. The van der Waals surface area contributed by atoms with E-state index >= 15 is 0 Å². The summed E-state index contributed by atoms with van der Waals surface area (Å²) in [5.41, 5.74) is -0.275. The molecule has 0 bridgehead atoms. The molecule has 1 saturated heterocycles. The van der Waals surface area contributed by atoms with Gasteiger partial charge in [0.15, 0.2) is 0 Å². The zero-order chi connectivity index (χ0) is 12.8. The summed E-state index contributed by atoms with van der Waals surface area (Å²) >= 11 is 0. The van der Waals surface area contributed by atoms with Crippen molar-refractivity contribution in [2.45, 2.75) is 65.0 Å². The Bertz CT molecular complexity index is 309. The lowest BCUT2D eigenvalue weighted by atomic mass is 9.73. The van der Waals surface area contributed by atoms with Crippen LogP contribution in [0.2, 0.25) is 0 Å². The summed E-state index contributed by atoms with van der Waals surface area (Å²) in [6.07, 6.45) is 3.65. The first kappa shape index (κ1) is 12.7. The van der Waals surface area contributed by atoms with Crippen LogP contribution in [0.3, 0.4) is 0 Å². The molecule has 1 aliphatic carbocycles. The van der Waals surface area contributed by atoms with Crippen LogP contribution < -0.4 is 0 Å². The summed E-state index contributed by atoms with van der Waals surface area (Å²) in [7, 11) is 0. The zero-order valence-electron chi connectivity index (χ0n) is 11.7. The van der Waals surface area contributed by atoms with Crippen LogP contribution in [-0.4, -0.2) is 28.7 Å². The molecule has 1 amide bonds. The molecule has 2 rings (SSSR count). The molecular formula is C14H25NO2. The van der Waals surface area contributed by atoms with E-state index < -0.39 is 0 Å². The number of nitrogens with zero attached hydrogens (tertiary/aromatic N) is 1. The predicted octanol–water partition coefficient (Wildman–Crippen LogP) is 3.43. The second-order valence-electron chi connectivity index (χ2n) is 6.79. The summed E-state index contributed by atoms with van der Waals surface area (Å²) in [5.74, 6) is 1.22. The summed E-state index contributed by atoms with van der Waals surface area (Å²) in [5, 5.41) is 0. The van der Waals surface area contributed by atoms with Crippen molar-refractivity contribution in [3.05, 3.63) is 0 Å². The van der Waals surface area contributed by atoms with Crippen LogP contribution >= 0.6 is 0 Å². The third-order valence-corrected chi connectivity index (χ3v) is 4.41. The molecule has 1 aliphatic heterocycles. The third kappa shape index (κ3) is 2.16. The van der Waals surface area contributed by atoms with Crippen molar-refractivity contribution in [3.8, 4) is 0 Å². The Morgan fingerprint density at radius 2 is 1.76 bits per heavy atom. The Morgan fingerprint density at radius 3 is 2.24 bits per heavy atom. The SMILES string of the molecule is C[C@@H]1CCC[C@H](C)[C@@]12CN2C(=O)OC(C)(C)C. The molecule has 0 aromatic heterocycles. The van der Waals surface area contributed by atoms with Gasteiger partial charge in [0.1, 0.15) is 5.60 Å². The second-order valence-corrected chi connectivity index (χ2v) is 6.79. The lowest BCUT2D eigenvalue weighted by Crippen LogP contribution is -2.40. The molecular weight excluding hydrogens is 214 g/mol. The van der Waals surface area contributed by atoms with Crippen molar-refractivity contribution in [1.82, 2.24) is 4.90 Å². The van der Waals surface area contributed by atoms with E-state index in [1.54, 1.807) is 0 Å². The van der Waals surface area contributed by atoms with Crippen LogP contribution in [0.5, 0.6) is 0 Å². The van der Waals surface area contributed by atoms with Gasteiger partial charge >= 0.3 is 6.09 Å². The monoisotopic (exact) mass is 239 g/mol. The fourth-order valence-electron chi connectivity index (χ4n) is 3.33. The summed E-state index contributed by atoms with van der Waals surface area (Å²) in [6.45, 7) is 11.2. The maximum Gasteiger partial charge on any atom is 0.410 e. The van der Waals surface area contributed by atoms with Crippen LogP contribution in [-0.2, 0) is 4.74 Å². The molecule has 0 radical (unpaired) electrons. The van der Waals surface area contributed by atoms with Gasteiger partial charge in [-0.25, -0.2) is 4.79 Å². The maximum absolute atomic E-state index is 12.1. The van der Waals surface area contributed by atoms with Gasteiger partial charge in [0.25, 0.3) is 0 Å². The topological polar surface area (TPSA) is 29.3 Å². The number of rotatable bonds is 0. The van der Waals surface area contributed by atoms with E-state index in [1.165, 1.54) is 19.3 Å². The predicted molar refractivity (Wildman–Crippen MR) is 67.9 cm³/mol. The van der Waals surface area contributed by atoms with Crippen LogP contribution in [0.25, 0.3) is 0 Å². The Morgan fingerprint density at radius 1 is 1.24 bits per heavy atom. The molecule has 2 aliphatic rings. The molecule has 0 aromatic carbocycles. The minimum absolute atomic E-state index is 0.112. The Hall–Kier alpha value is -0.730. The summed E-state index contributed by atoms with van der Waals surface area (Å²) in [4.78, 5) is 14.0. The van der Waals surface area contributed by atoms with Gasteiger partial charge in [-0.3, -0.25) is 4.90 Å². The first-order valence-corrected chi connectivity index (χ1v) is 6.78. The Kier molecular flexibility index (Phi) is 2.91. The fraction of sp³-hybridized carbons (Fsp3) is 0.929. The van der Waals surface area contributed by atoms with Gasteiger partial charge in [0.05, 0.1) is 5.54 Å². The minimum Gasteiger partial charge on any atom is -0.444 e. The second kappa shape index (κ2) is 3.89. The van der Waals surface area contributed by atoms with Gasteiger partial charge in [0, 0.05) is 6.54 Å². The molecule has 2 fully saturated rings. The number of ether oxygens (including phenoxy) is 1. The number of amides is 1. The van der Waals surface area contributed by atoms with E-state index in [0.717, 1.165) is 6.54 Å². The molecule has 1 saturated carbocycles. The summed E-state index contributed by atoms with van der Waals surface area (Å²) < 4.78 is 5.47. The molecule has 1 heterocycles. The molecule has 1 spiro atoms. The highest BCUT2D eigenvalue weighted by Gasteiger charge is 2.63. The van der Waals surface area contributed by atoms with Crippen molar-refractivity contribution in [1.29, 1.82) is 0 Å². The van der Waals surface area contributed by atoms with Crippen LogP contribution in [0.15, 0.2) is 0 Å². The van der Waals surface area contributed by atoms with Crippen molar-refractivity contribution in [2.24, 2.45) is 11.8 Å². The van der Waals surface area contributed by atoms with E-state index in [4.69, 9.17) is 4.74 Å². The standard InChI is InChI=1S/C14H25NO2/c1-10-7-6-8-11(2)14(10)9-15(14)12(16)17-13(3,4)5/h10-11H,6-9H2,1-5H3/t10-,11+,14-,15?. The highest BCUT2D eigenvalue weighted by molar-refractivity contribution is 5.73. The first-order chi connectivity index (χ1) is 7.77. The molecule has 3 nitrogen and oxygen atoms in total. The van der Waals surface area contributed by atoms with Gasteiger partial charge < -0.3 is 4.74 Å². The van der Waals surface area contributed by atoms with E-state index in [0.29, 0.717) is 11.8 Å². The van der Waals surface area contributed by atoms with E-state index in [2.05, 4.69) is 13.8 Å². The summed E-state index contributed by atoms with van der Waals surface area (Å²) in [6, 6.07) is 0. The van der Waals surface area contributed by atoms with Crippen LogP contribution in [0.1, 0.15) is 53.9 Å². The van der Waals surface area contributed by atoms with Gasteiger partial charge in [-0.2, -0.15) is 0 Å². The lowest BCUT2D eigenvalue weighted by Gasteiger charge is -2.35. The molecule has 3 heteroatoms. The van der Waals surface area contributed by atoms with Gasteiger partial charge in [-0.05, 0) is 45.4 Å². The van der Waals surface area contributed by atoms with E-state index in [9.17, 15) is 4.79 Å². The van der Waals surface area contributed by atoms with Crippen molar-refractivity contribution in [2.75, 3.05) is 6.54 Å². The fourth-order valence-corrected chi connectivity index (χ4v) is 3.33. The minimum atomic E-state index is -0.387.